The van der Waals surface area contributed by atoms with E-state index in [1.165, 1.54) is 96.3 Å². The summed E-state index contributed by atoms with van der Waals surface area (Å²) in [7, 11) is 0. The number of nitrogens with zero attached hydrogens (tertiary/aromatic N) is 3. The number of aliphatic hydroxyl groups is 2. The molecule has 1 rings (SSSR count). The van der Waals surface area contributed by atoms with Crippen molar-refractivity contribution in [3.8, 4) is 0 Å². The normalized spacial score (nSPS) is 11.6. The largest absolute Gasteiger partial charge is 0.394 e. The molecule has 0 aromatic carbocycles. The van der Waals surface area contributed by atoms with E-state index in [-0.39, 0.29) is 25.6 Å². The zero-order valence-electron chi connectivity index (χ0n) is 19.9. The van der Waals surface area contributed by atoms with E-state index in [1.807, 2.05) is 10.9 Å². The molecule has 0 unspecified atom stereocenters. The number of hydrogen-bond donors (Lipinski definition) is 3. The van der Waals surface area contributed by atoms with Gasteiger partial charge in [0.15, 0.2) is 0 Å². The molecular weight excluding hydrogens is 412 g/mol. The number of nitrogens with two attached hydrogens (primary N) is 1. The van der Waals surface area contributed by atoms with E-state index in [0.29, 0.717) is 6.42 Å². The fraction of sp³-hybridized carbons (Fsp3) is 0.917. The van der Waals surface area contributed by atoms with Crippen LogP contribution in [-0.4, -0.2) is 44.0 Å². The highest BCUT2D eigenvalue weighted by Gasteiger charge is 2.25. The van der Waals surface area contributed by atoms with E-state index >= 15 is 0 Å². The SMILES string of the molecule is CCCCCCCCCCCCCCCCCCn1cc(CC(N)(CO)CO)nn1.Cl. The summed E-state index contributed by atoms with van der Waals surface area (Å²) in [5, 5.41) is 26.8. The lowest BCUT2D eigenvalue weighted by Crippen LogP contribution is -2.49. The Hall–Kier alpha value is -0.690. The van der Waals surface area contributed by atoms with Gasteiger partial charge in [-0.3, -0.25) is 4.68 Å². The van der Waals surface area contributed by atoms with E-state index in [2.05, 4.69) is 17.2 Å². The quantitative estimate of drug-likeness (QED) is 0.219. The second kappa shape index (κ2) is 20.0. The third-order valence-electron chi connectivity index (χ3n) is 5.99. The minimum atomic E-state index is -1.02. The third kappa shape index (κ3) is 15.7. The van der Waals surface area contributed by atoms with Gasteiger partial charge in [0.2, 0.25) is 0 Å². The van der Waals surface area contributed by atoms with Gasteiger partial charge in [0.25, 0.3) is 0 Å². The zero-order chi connectivity index (χ0) is 21.9. The van der Waals surface area contributed by atoms with Crippen LogP contribution in [0.3, 0.4) is 0 Å². The van der Waals surface area contributed by atoms with Gasteiger partial charge < -0.3 is 15.9 Å². The Morgan fingerprint density at radius 3 is 1.61 bits per heavy atom. The summed E-state index contributed by atoms with van der Waals surface area (Å²) >= 11 is 0. The van der Waals surface area contributed by atoms with Gasteiger partial charge in [0.1, 0.15) is 0 Å². The van der Waals surface area contributed by atoms with Crippen LogP contribution in [0.4, 0.5) is 0 Å². The molecule has 31 heavy (non-hydrogen) atoms. The summed E-state index contributed by atoms with van der Waals surface area (Å²) in [6, 6.07) is 0. The highest BCUT2D eigenvalue weighted by atomic mass is 35.5. The number of aryl methyl sites for hydroxylation is 1. The Bertz CT molecular complexity index is 510. The van der Waals surface area contributed by atoms with Crippen molar-refractivity contribution in [2.24, 2.45) is 5.73 Å². The van der Waals surface area contributed by atoms with Crippen molar-refractivity contribution in [3.05, 3.63) is 11.9 Å². The van der Waals surface area contributed by atoms with E-state index in [1.54, 1.807) is 0 Å². The molecule has 1 aromatic rings. The van der Waals surface area contributed by atoms with Gasteiger partial charge in [-0.2, -0.15) is 0 Å². The van der Waals surface area contributed by atoms with Gasteiger partial charge in [-0.1, -0.05) is 108 Å². The number of aliphatic hydroxyl groups excluding tert-OH is 2. The molecule has 184 valence electrons. The Morgan fingerprint density at radius 1 is 0.774 bits per heavy atom. The maximum absolute atomic E-state index is 9.27. The third-order valence-corrected chi connectivity index (χ3v) is 5.99. The molecule has 4 N–H and O–H groups in total. The Kier molecular flexibility index (Phi) is 19.5. The summed E-state index contributed by atoms with van der Waals surface area (Å²) in [4.78, 5) is 0. The molecule has 0 aliphatic heterocycles. The number of rotatable bonds is 21. The molecule has 0 fully saturated rings. The lowest BCUT2D eigenvalue weighted by molar-refractivity contribution is 0.120. The molecule has 0 aliphatic rings. The predicted molar refractivity (Wildman–Crippen MR) is 132 cm³/mol. The van der Waals surface area contributed by atoms with Crippen molar-refractivity contribution in [2.45, 2.75) is 128 Å². The number of hydrogen-bond acceptors (Lipinski definition) is 5. The van der Waals surface area contributed by atoms with Crippen LogP contribution in [0, 0.1) is 0 Å². The summed E-state index contributed by atoms with van der Waals surface area (Å²) in [5.74, 6) is 0. The van der Waals surface area contributed by atoms with Crippen molar-refractivity contribution in [3.63, 3.8) is 0 Å². The van der Waals surface area contributed by atoms with E-state index in [9.17, 15) is 10.2 Å². The number of aromatic nitrogens is 3. The Morgan fingerprint density at radius 2 is 1.19 bits per heavy atom. The molecule has 1 heterocycles. The number of halogens is 1. The van der Waals surface area contributed by atoms with Crippen molar-refractivity contribution < 1.29 is 10.2 Å². The lowest BCUT2D eigenvalue weighted by Gasteiger charge is -2.22. The molecule has 0 atom stereocenters. The van der Waals surface area contributed by atoms with Crippen LogP contribution >= 0.6 is 12.4 Å². The van der Waals surface area contributed by atoms with Crippen LogP contribution in [-0.2, 0) is 13.0 Å². The van der Waals surface area contributed by atoms with Crippen molar-refractivity contribution in [1.29, 1.82) is 0 Å². The van der Waals surface area contributed by atoms with Crippen LogP contribution in [0.15, 0.2) is 6.20 Å². The highest BCUT2D eigenvalue weighted by Crippen LogP contribution is 2.14. The van der Waals surface area contributed by atoms with Gasteiger partial charge >= 0.3 is 0 Å². The molecule has 0 spiro atoms. The molecular formula is C24H49ClN4O2. The van der Waals surface area contributed by atoms with Crippen LogP contribution < -0.4 is 5.73 Å². The van der Waals surface area contributed by atoms with Crippen molar-refractivity contribution >= 4 is 12.4 Å². The molecule has 0 bridgehead atoms. The summed E-state index contributed by atoms with van der Waals surface area (Å²) in [5.41, 5.74) is 5.60. The predicted octanol–water partition coefficient (Wildman–Crippen LogP) is 5.19. The summed E-state index contributed by atoms with van der Waals surface area (Å²) < 4.78 is 1.84. The average molecular weight is 461 g/mol. The first-order valence-corrected chi connectivity index (χ1v) is 12.5. The van der Waals surface area contributed by atoms with Crippen molar-refractivity contribution in [1.82, 2.24) is 15.0 Å². The molecule has 0 saturated carbocycles. The smallest absolute Gasteiger partial charge is 0.0847 e. The number of unbranched alkanes of at least 4 members (excludes halogenated alkanes) is 15. The molecule has 0 radical (unpaired) electrons. The van der Waals surface area contributed by atoms with Gasteiger partial charge in [0.05, 0.1) is 24.4 Å². The highest BCUT2D eigenvalue weighted by molar-refractivity contribution is 5.85. The van der Waals surface area contributed by atoms with Gasteiger partial charge in [-0.15, -0.1) is 17.5 Å². The van der Waals surface area contributed by atoms with Crippen molar-refractivity contribution in [2.75, 3.05) is 13.2 Å². The van der Waals surface area contributed by atoms with Crippen LogP contribution in [0.5, 0.6) is 0 Å². The molecule has 6 nitrogen and oxygen atoms in total. The first-order valence-electron chi connectivity index (χ1n) is 12.5. The van der Waals surface area contributed by atoms with E-state index in [4.69, 9.17) is 5.73 Å². The Labute approximate surface area is 196 Å². The topological polar surface area (TPSA) is 97.2 Å². The molecule has 0 aliphatic carbocycles. The lowest BCUT2D eigenvalue weighted by atomic mass is 9.97. The molecule has 0 saturated heterocycles. The van der Waals surface area contributed by atoms with E-state index in [0.717, 1.165) is 18.7 Å². The first kappa shape index (κ1) is 30.3. The minimum Gasteiger partial charge on any atom is -0.394 e. The van der Waals surface area contributed by atoms with Crippen LogP contribution in [0.1, 0.15) is 115 Å². The standard InChI is InChI=1S/C24H48N4O2.ClH/c1-2-3-4-5-6-7-8-9-10-11-12-13-14-15-16-17-18-28-20-23(26-27-28)19-24(25,21-29)22-30;/h20,29-30H,2-19,21-22,25H2,1H3;1H. The minimum absolute atomic E-state index is 0. The Balaban J connectivity index is 0.00000900. The summed E-state index contributed by atoms with van der Waals surface area (Å²) in [6.45, 7) is 2.60. The monoisotopic (exact) mass is 460 g/mol. The fourth-order valence-corrected chi connectivity index (χ4v) is 3.87. The first-order chi connectivity index (χ1) is 14.6. The van der Waals surface area contributed by atoms with Gasteiger partial charge in [-0.25, -0.2) is 0 Å². The second-order valence-corrected chi connectivity index (χ2v) is 9.13. The average Bonchev–Trinajstić information content (AvgIpc) is 3.20. The van der Waals surface area contributed by atoms with Crippen LogP contribution in [0.25, 0.3) is 0 Å². The van der Waals surface area contributed by atoms with Crippen LogP contribution in [0.2, 0.25) is 0 Å². The fourth-order valence-electron chi connectivity index (χ4n) is 3.87. The second-order valence-electron chi connectivity index (χ2n) is 9.13. The molecule has 0 amide bonds. The van der Waals surface area contributed by atoms with Gasteiger partial charge in [0, 0.05) is 19.2 Å². The summed E-state index contributed by atoms with van der Waals surface area (Å²) in [6.07, 6.45) is 24.1. The maximum Gasteiger partial charge on any atom is 0.0847 e. The van der Waals surface area contributed by atoms with E-state index < -0.39 is 5.54 Å². The molecule has 7 heteroatoms. The maximum atomic E-state index is 9.27. The molecule has 1 aromatic heterocycles. The zero-order valence-corrected chi connectivity index (χ0v) is 20.8. The van der Waals surface area contributed by atoms with Gasteiger partial charge in [-0.05, 0) is 6.42 Å².